The van der Waals surface area contributed by atoms with E-state index in [0.717, 1.165) is 28.8 Å². The summed E-state index contributed by atoms with van der Waals surface area (Å²) in [7, 11) is 0. The van der Waals surface area contributed by atoms with Crippen molar-refractivity contribution in [3.05, 3.63) is 29.6 Å². The van der Waals surface area contributed by atoms with Crippen LogP contribution < -0.4 is 0 Å². The lowest BCUT2D eigenvalue weighted by Crippen LogP contribution is -1.95. The SMILES string of the molecule is CC(C)Cc1nc2ccc(CC#N)cc2[nH]1. The fourth-order valence-electron chi connectivity index (χ4n) is 1.79. The number of rotatable bonds is 3. The molecule has 16 heavy (non-hydrogen) atoms. The Morgan fingerprint density at radius 2 is 2.25 bits per heavy atom. The molecule has 0 saturated carbocycles. The summed E-state index contributed by atoms with van der Waals surface area (Å²) in [5.74, 6) is 1.62. The molecule has 0 aliphatic rings. The van der Waals surface area contributed by atoms with E-state index in [0.29, 0.717) is 12.3 Å². The molecule has 1 aromatic heterocycles. The average Bonchev–Trinajstić information content (AvgIpc) is 2.58. The fraction of sp³-hybridized carbons (Fsp3) is 0.385. The van der Waals surface area contributed by atoms with Crippen LogP contribution in [0.4, 0.5) is 0 Å². The van der Waals surface area contributed by atoms with Crippen molar-refractivity contribution in [2.45, 2.75) is 26.7 Å². The largest absolute Gasteiger partial charge is 0.342 e. The molecule has 0 aliphatic carbocycles. The number of nitrogens with zero attached hydrogens (tertiary/aromatic N) is 2. The van der Waals surface area contributed by atoms with Crippen LogP contribution in [0.5, 0.6) is 0 Å². The molecule has 0 atom stereocenters. The van der Waals surface area contributed by atoms with E-state index in [4.69, 9.17) is 5.26 Å². The van der Waals surface area contributed by atoms with Crippen LogP contribution in [-0.2, 0) is 12.8 Å². The number of H-pyrrole nitrogens is 1. The Hall–Kier alpha value is -1.82. The highest BCUT2D eigenvalue weighted by molar-refractivity contribution is 5.75. The Kier molecular flexibility index (Phi) is 2.91. The van der Waals surface area contributed by atoms with Crippen LogP contribution in [0.15, 0.2) is 18.2 Å². The number of fused-ring (bicyclic) bond motifs is 1. The molecular weight excluding hydrogens is 198 g/mol. The summed E-state index contributed by atoms with van der Waals surface area (Å²) in [5, 5.41) is 8.64. The number of aromatic nitrogens is 2. The van der Waals surface area contributed by atoms with Crippen LogP contribution in [0.1, 0.15) is 25.2 Å². The first kappa shape index (κ1) is 10.7. The maximum absolute atomic E-state index is 8.64. The summed E-state index contributed by atoms with van der Waals surface area (Å²) in [6, 6.07) is 8.10. The van der Waals surface area contributed by atoms with E-state index in [2.05, 4.69) is 29.9 Å². The first-order chi connectivity index (χ1) is 7.69. The van der Waals surface area contributed by atoms with Gasteiger partial charge in [0.25, 0.3) is 0 Å². The lowest BCUT2D eigenvalue weighted by Gasteiger charge is -1.98. The molecule has 0 saturated heterocycles. The van der Waals surface area contributed by atoms with Crippen LogP contribution in [0.25, 0.3) is 11.0 Å². The van der Waals surface area contributed by atoms with Gasteiger partial charge in [-0.2, -0.15) is 5.26 Å². The standard InChI is InChI=1S/C13H15N3/c1-9(2)7-13-15-11-4-3-10(5-6-14)8-12(11)16-13/h3-4,8-9H,5,7H2,1-2H3,(H,15,16). The van der Waals surface area contributed by atoms with Gasteiger partial charge < -0.3 is 4.98 Å². The van der Waals surface area contributed by atoms with Gasteiger partial charge in [-0.1, -0.05) is 19.9 Å². The predicted molar refractivity (Wildman–Crippen MR) is 64.0 cm³/mol. The number of hydrogen-bond donors (Lipinski definition) is 1. The second-order valence-corrected chi connectivity index (χ2v) is 4.47. The minimum atomic E-state index is 0.453. The highest BCUT2D eigenvalue weighted by Gasteiger charge is 2.05. The van der Waals surface area contributed by atoms with Crippen LogP contribution in [0.2, 0.25) is 0 Å². The lowest BCUT2D eigenvalue weighted by molar-refractivity contribution is 0.627. The maximum Gasteiger partial charge on any atom is 0.107 e. The van der Waals surface area contributed by atoms with Gasteiger partial charge >= 0.3 is 0 Å². The van der Waals surface area contributed by atoms with Crippen molar-refractivity contribution in [3.63, 3.8) is 0 Å². The summed E-state index contributed by atoms with van der Waals surface area (Å²) in [6.45, 7) is 4.35. The normalized spacial score (nSPS) is 10.9. The number of nitrogens with one attached hydrogen (secondary N) is 1. The first-order valence-corrected chi connectivity index (χ1v) is 5.53. The zero-order valence-corrected chi connectivity index (χ0v) is 9.62. The zero-order chi connectivity index (χ0) is 11.5. The number of imidazole rings is 1. The maximum atomic E-state index is 8.64. The van der Waals surface area contributed by atoms with Crippen molar-refractivity contribution < 1.29 is 0 Å². The second kappa shape index (κ2) is 4.36. The molecule has 2 aromatic rings. The summed E-state index contributed by atoms with van der Waals surface area (Å²) >= 11 is 0. The molecule has 3 heteroatoms. The van der Waals surface area contributed by atoms with Gasteiger partial charge in [-0.3, -0.25) is 0 Å². The van der Waals surface area contributed by atoms with E-state index >= 15 is 0 Å². The number of benzene rings is 1. The van der Waals surface area contributed by atoms with Crippen molar-refractivity contribution in [2.75, 3.05) is 0 Å². The third-order valence-electron chi connectivity index (χ3n) is 2.48. The van der Waals surface area contributed by atoms with Crippen LogP contribution in [0.3, 0.4) is 0 Å². The molecule has 0 spiro atoms. The van der Waals surface area contributed by atoms with Gasteiger partial charge in [-0.15, -0.1) is 0 Å². The Bertz CT molecular complexity index is 532. The van der Waals surface area contributed by atoms with Crippen molar-refractivity contribution in [3.8, 4) is 6.07 Å². The van der Waals surface area contributed by atoms with E-state index < -0.39 is 0 Å². The van der Waals surface area contributed by atoms with Gasteiger partial charge in [-0.25, -0.2) is 4.98 Å². The van der Waals surface area contributed by atoms with E-state index in [1.54, 1.807) is 0 Å². The molecule has 0 aliphatic heterocycles. The molecule has 3 nitrogen and oxygen atoms in total. The van der Waals surface area contributed by atoms with Crippen molar-refractivity contribution in [1.82, 2.24) is 9.97 Å². The summed E-state index contributed by atoms with van der Waals surface area (Å²) in [5.41, 5.74) is 3.05. The van der Waals surface area contributed by atoms with E-state index in [1.807, 2.05) is 18.2 Å². The zero-order valence-electron chi connectivity index (χ0n) is 9.62. The van der Waals surface area contributed by atoms with Crippen LogP contribution in [0, 0.1) is 17.2 Å². The third-order valence-corrected chi connectivity index (χ3v) is 2.48. The van der Waals surface area contributed by atoms with Crippen molar-refractivity contribution >= 4 is 11.0 Å². The average molecular weight is 213 g/mol. The number of hydrogen-bond acceptors (Lipinski definition) is 2. The quantitative estimate of drug-likeness (QED) is 0.852. The molecule has 1 aromatic carbocycles. The molecule has 0 amide bonds. The first-order valence-electron chi connectivity index (χ1n) is 5.53. The Morgan fingerprint density at radius 1 is 1.44 bits per heavy atom. The Balaban J connectivity index is 2.35. The fourth-order valence-corrected chi connectivity index (χ4v) is 1.79. The van der Waals surface area contributed by atoms with E-state index in [1.165, 1.54) is 0 Å². The molecule has 1 N–H and O–H groups in total. The highest BCUT2D eigenvalue weighted by atomic mass is 14.9. The third kappa shape index (κ3) is 2.22. The van der Waals surface area contributed by atoms with Gasteiger partial charge in [-0.05, 0) is 23.6 Å². The predicted octanol–water partition coefficient (Wildman–Crippen LogP) is 2.83. The number of nitriles is 1. The minimum absolute atomic E-state index is 0.453. The number of aromatic amines is 1. The molecule has 0 radical (unpaired) electrons. The minimum Gasteiger partial charge on any atom is -0.342 e. The summed E-state index contributed by atoms with van der Waals surface area (Å²) < 4.78 is 0. The van der Waals surface area contributed by atoms with Crippen molar-refractivity contribution in [2.24, 2.45) is 5.92 Å². The smallest absolute Gasteiger partial charge is 0.107 e. The Labute approximate surface area is 95.1 Å². The Morgan fingerprint density at radius 3 is 2.94 bits per heavy atom. The van der Waals surface area contributed by atoms with Crippen LogP contribution in [-0.4, -0.2) is 9.97 Å². The molecule has 1 heterocycles. The molecule has 0 unspecified atom stereocenters. The summed E-state index contributed by atoms with van der Waals surface area (Å²) in [6.07, 6.45) is 1.41. The van der Waals surface area contributed by atoms with Crippen LogP contribution >= 0.6 is 0 Å². The molecular formula is C13H15N3. The summed E-state index contributed by atoms with van der Waals surface area (Å²) in [4.78, 5) is 7.82. The monoisotopic (exact) mass is 213 g/mol. The topological polar surface area (TPSA) is 52.5 Å². The van der Waals surface area contributed by atoms with Gasteiger partial charge in [0.05, 0.1) is 23.5 Å². The van der Waals surface area contributed by atoms with Gasteiger partial charge in [0, 0.05) is 6.42 Å². The molecule has 2 rings (SSSR count). The van der Waals surface area contributed by atoms with Gasteiger partial charge in [0.2, 0.25) is 0 Å². The highest BCUT2D eigenvalue weighted by Crippen LogP contribution is 2.15. The van der Waals surface area contributed by atoms with Crippen molar-refractivity contribution in [1.29, 1.82) is 5.26 Å². The van der Waals surface area contributed by atoms with E-state index in [9.17, 15) is 0 Å². The van der Waals surface area contributed by atoms with Gasteiger partial charge in [0.1, 0.15) is 5.82 Å². The molecule has 0 fully saturated rings. The second-order valence-electron chi connectivity index (χ2n) is 4.47. The van der Waals surface area contributed by atoms with Gasteiger partial charge in [0.15, 0.2) is 0 Å². The molecule has 82 valence electrons. The van der Waals surface area contributed by atoms with E-state index in [-0.39, 0.29) is 0 Å². The molecule has 0 bridgehead atoms. The lowest BCUT2D eigenvalue weighted by atomic mass is 10.1.